The molecule has 0 fully saturated rings. The SMILES string of the molecule is CC(C)(C)c1ccc2[s+]c3ccc4c5ccccc5c5ccccc5c4c3cc2c1. The van der Waals surface area contributed by atoms with Crippen molar-refractivity contribution in [3.05, 3.63) is 90.5 Å². The van der Waals surface area contributed by atoms with Gasteiger partial charge in [0.05, 0.1) is 0 Å². The fourth-order valence-electron chi connectivity index (χ4n) is 4.73. The zero-order chi connectivity index (χ0) is 20.5. The summed E-state index contributed by atoms with van der Waals surface area (Å²) >= 11 is 1.90. The number of hydrogen-bond donors (Lipinski definition) is 0. The highest BCUT2D eigenvalue weighted by Gasteiger charge is 2.20. The summed E-state index contributed by atoms with van der Waals surface area (Å²) < 4.78 is 2.69. The molecule has 0 radical (unpaired) electrons. The molecule has 0 saturated heterocycles. The van der Waals surface area contributed by atoms with Gasteiger partial charge in [-0.2, -0.15) is 0 Å². The van der Waals surface area contributed by atoms with E-state index >= 15 is 0 Å². The van der Waals surface area contributed by atoms with Gasteiger partial charge in [0.2, 0.25) is 20.7 Å². The second kappa shape index (κ2) is 6.23. The number of rotatable bonds is 0. The lowest BCUT2D eigenvalue weighted by molar-refractivity contribution is 0.591. The van der Waals surface area contributed by atoms with E-state index in [9.17, 15) is 0 Å². The molecular formula is C29H23S+. The predicted octanol–water partition coefficient (Wildman–Crippen LogP) is 9.09. The summed E-state index contributed by atoms with van der Waals surface area (Å²) in [6, 6.07) is 31.7. The average molecular weight is 404 g/mol. The van der Waals surface area contributed by atoms with E-state index in [1.165, 1.54) is 58.1 Å². The second-order valence-corrected chi connectivity index (χ2v) is 10.3. The van der Waals surface area contributed by atoms with Gasteiger partial charge in [0, 0.05) is 28.3 Å². The Morgan fingerprint density at radius 3 is 1.77 bits per heavy atom. The van der Waals surface area contributed by atoms with Crippen LogP contribution in [0.2, 0.25) is 0 Å². The summed E-state index contributed by atoms with van der Waals surface area (Å²) in [6.45, 7) is 6.86. The molecule has 0 saturated carbocycles. The molecule has 1 heterocycles. The standard InChI is InChI=1S/C29H23S/c1-29(2,3)19-12-14-26-18(16-19)17-25-27(30-26)15-13-24-22-10-5-4-8-20(22)21-9-6-7-11-23(21)28(24)25/h4-17H,1-3H3/q+1. The molecule has 0 unspecified atom stereocenters. The molecule has 1 aromatic heterocycles. The van der Waals surface area contributed by atoms with E-state index < -0.39 is 0 Å². The molecule has 6 aromatic rings. The molecule has 5 aromatic carbocycles. The van der Waals surface area contributed by atoms with Crippen molar-refractivity contribution in [2.75, 3.05) is 0 Å². The molecular weight excluding hydrogens is 380 g/mol. The molecule has 1 heteroatoms. The van der Waals surface area contributed by atoms with Crippen molar-refractivity contribution in [3.63, 3.8) is 0 Å². The predicted molar refractivity (Wildman–Crippen MR) is 135 cm³/mol. The van der Waals surface area contributed by atoms with E-state index in [4.69, 9.17) is 0 Å². The lowest BCUT2D eigenvalue weighted by atomic mass is 9.86. The third-order valence-corrected chi connectivity index (χ3v) is 7.47. The van der Waals surface area contributed by atoms with Gasteiger partial charge < -0.3 is 0 Å². The van der Waals surface area contributed by atoms with Crippen molar-refractivity contribution >= 4 is 63.8 Å². The first-order chi connectivity index (χ1) is 14.5. The molecule has 30 heavy (non-hydrogen) atoms. The second-order valence-electron chi connectivity index (χ2n) is 9.24. The Bertz CT molecular complexity index is 1580. The smallest absolute Gasteiger partial charge is 0.0616 e. The van der Waals surface area contributed by atoms with Crippen molar-refractivity contribution in [3.8, 4) is 0 Å². The van der Waals surface area contributed by atoms with Gasteiger partial charge in [-0.15, -0.1) is 0 Å². The fraction of sp³-hybridized carbons (Fsp3) is 0.138. The monoisotopic (exact) mass is 403 g/mol. The Kier molecular flexibility index (Phi) is 3.70. The molecule has 0 N–H and O–H groups in total. The Balaban J connectivity index is 1.85. The van der Waals surface area contributed by atoms with Gasteiger partial charge in [-0.3, -0.25) is 0 Å². The molecule has 0 atom stereocenters. The largest absolute Gasteiger partial charge is 0.239 e. The minimum Gasteiger partial charge on any atom is -0.0616 e. The third kappa shape index (κ3) is 2.55. The van der Waals surface area contributed by atoms with Crippen LogP contribution in [0.3, 0.4) is 0 Å². The Morgan fingerprint density at radius 2 is 1.10 bits per heavy atom. The topological polar surface area (TPSA) is 0 Å². The maximum Gasteiger partial charge on any atom is 0.239 e. The number of hydrogen-bond acceptors (Lipinski definition) is 0. The zero-order valence-corrected chi connectivity index (χ0v) is 18.3. The third-order valence-electron chi connectivity index (χ3n) is 6.30. The van der Waals surface area contributed by atoms with Gasteiger partial charge in [0.25, 0.3) is 0 Å². The van der Waals surface area contributed by atoms with Crippen LogP contribution < -0.4 is 0 Å². The zero-order valence-electron chi connectivity index (χ0n) is 17.5. The van der Waals surface area contributed by atoms with Crippen molar-refractivity contribution < 1.29 is 0 Å². The Morgan fingerprint density at radius 1 is 0.533 bits per heavy atom. The summed E-state index contributed by atoms with van der Waals surface area (Å²) in [6.07, 6.45) is 0. The van der Waals surface area contributed by atoms with Crippen molar-refractivity contribution in [1.29, 1.82) is 0 Å². The Hall–Kier alpha value is -3.03. The summed E-state index contributed by atoms with van der Waals surface area (Å²) in [5, 5.41) is 10.8. The van der Waals surface area contributed by atoms with Crippen molar-refractivity contribution in [2.24, 2.45) is 0 Å². The highest BCUT2D eigenvalue weighted by molar-refractivity contribution is 7.24. The summed E-state index contributed by atoms with van der Waals surface area (Å²) in [4.78, 5) is 0. The van der Waals surface area contributed by atoms with Gasteiger partial charge in [-0.25, -0.2) is 0 Å². The lowest BCUT2D eigenvalue weighted by Gasteiger charge is -2.18. The van der Waals surface area contributed by atoms with E-state index in [0.717, 1.165) is 0 Å². The first kappa shape index (κ1) is 17.8. The normalized spacial score (nSPS) is 12.5. The van der Waals surface area contributed by atoms with Crippen LogP contribution >= 0.6 is 11.3 Å². The minimum absolute atomic E-state index is 0.148. The van der Waals surface area contributed by atoms with Crippen LogP contribution in [0.15, 0.2) is 84.9 Å². The molecule has 0 spiro atoms. The first-order valence-electron chi connectivity index (χ1n) is 10.5. The van der Waals surface area contributed by atoms with Gasteiger partial charge in [0.1, 0.15) is 0 Å². The molecule has 144 valence electrons. The number of benzene rings is 5. The van der Waals surface area contributed by atoms with E-state index in [-0.39, 0.29) is 5.41 Å². The lowest BCUT2D eigenvalue weighted by Crippen LogP contribution is -2.10. The van der Waals surface area contributed by atoms with Gasteiger partial charge in [0.15, 0.2) is 0 Å². The average Bonchev–Trinajstić information content (AvgIpc) is 2.76. The van der Waals surface area contributed by atoms with Crippen LogP contribution in [-0.4, -0.2) is 0 Å². The molecule has 6 rings (SSSR count). The van der Waals surface area contributed by atoms with Gasteiger partial charge >= 0.3 is 0 Å². The van der Waals surface area contributed by atoms with Crippen LogP contribution in [0.1, 0.15) is 26.3 Å². The number of fused-ring (bicyclic) bond motifs is 9. The maximum absolute atomic E-state index is 2.42. The highest BCUT2D eigenvalue weighted by atomic mass is 32.1. The van der Waals surface area contributed by atoms with Crippen LogP contribution in [-0.2, 0) is 5.41 Å². The minimum atomic E-state index is 0.148. The summed E-state index contributed by atoms with van der Waals surface area (Å²) in [5.41, 5.74) is 1.53. The molecule has 0 aliphatic rings. The highest BCUT2D eigenvalue weighted by Crippen LogP contribution is 2.41. The van der Waals surface area contributed by atoms with E-state index in [1.54, 1.807) is 0 Å². The first-order valence-corrected chi connectivity index (χ1v) is 11.4. The molecule has 0 nitrogen and oxygen atoms in total. The molecule has 0 bridgehead atoms. The summed E-state index contributed by atoms with van der Waals surface area (Å²) in [7, 11) is 0. The van der Waals surface area contributed by atoms with E-state index in [2.05, 4.69) is 106 Å². The maximum atomic E-state index is 2.42. The molecule has 0 aliphatic carbocycles. The summed E-state index contributed by atoms with van der Waals surface area (Å²) in [5.74, 6) is 0. The van der Waals surface area contributed by atoms with Gasteiger partial charge in [-0.1, -0.05) is 75.4 Å². The molecule has 0 amide bonds. The van der Waals surface area contributed by atoms with E-state index in [1.807, 2.05) is 11.3 Å². The quantitative estimate of drug-likeness (QED) is 0.135. The van der Waals surface area contributed by atoms with Crippen LogP contribution in [0.5, 0.6) is 0 Å². The van der Waals surface area contributed by atoms with Crippen LogP contribution in [0.25, 0.3) is 52.5 Å². The molecule has 0 aliphatic heterocycles. The van der Waals surface area contributed by atoms with E-state index in [0.29, 0.717) is 0 Å². The fourth-order valence-corrected chi connectivity index (χ4v) is 5.75. The van der Waals surface area contributed by atoms with Gasteiger partial charge in [-0.05, 0) is 56.1 Å². The van der Waals surface area contributed by atoms with Crippen LogP contribution in [0, 0.1) is 0 Å². The van der Waals surface area contributed by atoms with Crippen LogP contribution in [0.4, 0.5) is 0 Å². The van der Waals surface area contributed by atoms with Crippen molar-refractivity contribution in [1.82, 2.24) is 0 Å². The van der Waals surface area contributed by atoms with Crippen molar-refractivity contribution in [2.45, 2.75) is 26.2 Å². The Labute approximate surface area is 180 Å².